The number of carbonyl (C=O) groups excluding carboxylic acids is 1. The van der Waals surface area contributed by atoms with E-state index in [2.05, 4.69) is 28.8 Å². The number of ketones is 1. The Labute approximate surface area is 223 Å². The fourth-order valence-electron chi connectivity index (χ4n) is 6.97. The summed E-state index contributed by atoms with van der Waals surface area (Å²) in [6.07, 6.45) is 12.8. The molecular weight excluding hydrogens is 476 g/mol. The third kappa shape index (κ3) is 4.83. The Morgan fingerprint density at radius 2 is 1.62 bits per heavy atom. The first kappa shape index (κ1) is 24.7. The molecule has 0 amide bonds. The molecule has 0 N–H and O–H groups in total. The van der Waals surface area contributed by atoms with Gasteiger partial charge >= 0.3 is 0 Å². The summed E-state index contributed by atoms with van der Waals surface area (Å²) < 4.78 is 2.12. The van der Waals surface area contributed by atoms with Crippen LogP contribution in [0.3, 0.4) is 0 Å². The Kier molecular flexibility index (Phi) is 7.07. The van der Waals surface area contributed by atoms with Gasteiger partial charge in [0.25, 0.3) is 5.56 Å². The van der Waals surface area contributed by atoms with Gasteiger partial charge in [-0.25, -0.2) is 0 Å². The topological polar surface area (TPSA) is 52.0 Å². The molecule has 1 heterocycles. The summed E-state index contributed by atoms with van der Waals surface area (Å²) in [6.45, 7) is 0.205. The Morgan fingerprint density at radius 3 is 2.41 bits per heavy atom. The zero-order chi connectivity index (χ0) is 25.2. The number of rotatable bonds is 6. The molecule has 0 bridgehead atoms. The lowest BCUT2D eigenvalue weighted by molar-refractivity contribution is 0.0968. The second-order valence-electron chi connectivity index (χ2n) is 11.3. The van der Waals surface area contributed by atoms with E-state index in [1.165, 1.54) is 44.1 Å². The van der Waals surface area contributed by atoms with Crippen molar-refractivity contribution in [3.8, 4) is 11.3 Å². The first-order valence-electron chi connectivity index (χ1n) is 14.1. The van der Waals surface area contributed by atoms with Gasteiger partial charge in [-0.05, 0) is 43.6 Å². The minimum Gasteiger partial charge on any atom is -0.312 e. The molecule has 2 saturated carbocycles. The summed E-state index contributed by atoms with van der Waals surface area (Å²) in [4.78, 5) is 32.2. The third-order valence-corrected chi connectivity index (χ3v) is 10.1. The molecule has 3 aliphatic rings. The first-order chi connectivity index (χ1) is 18.1. The Hall–Kier alpha value is -2.66. The Bertz CT molecular complexity index is 1330. The van der Waals surface area contributed by atoms with Crippen LogP contribution in [0.5, 0.6) is 0 Å². The van der Waals surface area contributed by atoms with Crippen molar-refractivity contribution >= 4 is 17.5 Å². The van der Waals surface area contributed by atoms with Crippen molar-refractivity contribution in [1.29, 1.82) is 0 Å². The molecular formula is C32H36N2O2S. The van der Waals surface area contributed by atoms with Crippen molar-refractivity contribution in [1.82, 2.24) is 9.55 Å². The minimum absolute atomic E-state index is 0.0634. The predicted molar refractivity (Wildman–Crippen MR) is 150 cm³/mol. The number of Topliss-reactive ketones (excluding diaryl/α,β-unsaturated/α-hetero) is 1. The molecule has 0 aliphatic heterocycles. The van der Waals surface area contributed by atoms with Gasteiger partial charge in [-0.15, -0.1) is 0 Å². The number of carbonyl (C=O) groups is 1. The van der Waals surface area contributed by atoms with Gasteiger partial charge in [-0.2, -0.15) is 4.98 Å². The molecule has 0 saturated heterocycles. The highest BCUT2D eigenvalue weighted by molar-refractivity contribution is 7.99. The summed E-state index contributed by atoms with van der Waals surface area (Å²) >= 11 is 1.69. The fraction of sp³-hybridized carbons (Fsp3) is 0.469. The first-order valence-corrected chi connectivity index (χ1v) is 15.1. The summed E-state index contributed by atoms with van der Waals surface area (Å²) in [5.74, 6) is 1.67. The molecule has 0 radical (unpaired) electrons. The molecule has 1 aromatic heterocycles. The van der Waals surface area contributed by atoms with Crippen LogP contribution in [0.4, 0.5) is 0 Å². The van der Waals surface area contributed by atoms with Crippen LogP contribution < -0.4 is 5.56 Å². The molecule has 2 aromatic carbocycles. The van der Waals surface area contributed by atoms with Gasteiger partial charge in [-0.1, -0.05) is 105 Å². The second kappa shape index (κ2) is 10.6. The van der Waals surface area contributed by atoms with E-state index in [0.29, 0.717) is 16.6 Å². The fourth-order valence-corrected chi connectivity index (χ4v) is 8.15. The van der Waals surface area contributed by atoms with Crippen LogP contribution in [0, 0.1) is 5.92 Å². The van der Waals surface area contributed by atoms with Gasteiger partial charge in [0.05, 0.1) is 17.8 Å². The monoisotopic (exact) mass is 512 g/mol. The van der Waals surface area contributed by atoms with Gasteiger partial charge in [0.1, 0.15) is 0 Å². The van der Waals surface area contributed by atoms with Gasteiger partial charge in [0, 0.05) is 22.3 Å². The molecule has 37 heavy (non-hydrogen) atoms. The van der Waals surface area contributed by atoms with Crippen LogP contribution >= 0.6 is 11.8 Å². The third-order valence-electron chi connectivity index (χ3n) is 8.86. The number of benzene rings is 2. The van der Waals surface area contributed by atoms with E-state index < -0.39 is 0 Å². The molecule has 0 unspecified atom stereocenters. The van der Waals surface area contributed by atoms with Crippen LogP contribution in [0.15, 0.2) is 64.5 Å². The normalized spacial score (nSPS) is 18.8. The maximum Gasteiger partial charge on any atom is 0.278 e. The molecule has 0 atom stereocenters. The van der Waals surface area contributed by atoms with Crippen molar-refractivity contribution in [3.05, 3.63) is 81.6 Å². The number of fused-ring (bicyclic) bond motifs is 4. The maximum absolute atomic E-state index is 13.9. The second-order valence-corrected chi connectivity index (χ2v) is 12.3. The van der Waals surface area contributed by atoms with Crippen molar-refractivity contribution in [2.24, 2.45) is 5.92 Å². The number of aromatic nitrogens is 2. The Balaban J connectivity index is 1.50. The highest BCUT2D eigenvalue weighted by Crippen LogP contribution is 2.49. The summed E-state index contributed by atoms with van der Waals surface area (Å²) in [6, 6.07) is 18.1. The molecule has 2 fully saturated rings. The molecule has 3 aromatic rings. The van der Waals surface area contributed by atoms with E-state index in [-0.39, 0.29) is 23.3 Å². The summed E-state index contributed by atoms with van der Waals surface area (Å²) in [5.41, 5.74) is 4.69. The van der Waals surface area contributed by atoms with Crippen molar-refractivity contribution < 1.29 is 4.79 Å². The molecule has 4 nitrogen and oxygen atoms in total. The van der Waals surface area contributed by atoms with Crippen LogP contribution in [-0.2, 0) is 18.4 Å². The minimum atomic E-state index is -0.171. The molecule has 5 heteroatoms. The highest BCUT2D eigenvalue weighted by atomic mass is 32.2. The van der Waals surface area contributed by atoms with E-state index in [0.717, 1.165) is 54.7 Å². The largest absolute Gasteiger partial charge is 0.312 e. The molecule has 6 rings (SSSR count). The standard InChI is InChI=1S/C32H36N2O2S/c35-27(24-14-6-2-7-15-24)21-34-29-26-17-9-8-16-25(26)20-32(18-10-3-11-19-32)28(29)30(36)33-31(34)37-22-23-12-4-1-5-13-23/h2,6-9,14-17,23H,1,3-5,10-13,18-22H2. The van der Waals surface area contributed by atoms with E-state index >= 15 is 0 Å². The van der Waals surface area contributed by atoms with Crippen molar-refractivity contribution in [3.63, 3.8) is 0 Å². The van der Waals surface area contributed by atoms with Gasteiger partial charge in [-0.3, -0.25) is 9.59 Å². The predicted octanol–water partition coefficient (Wildman–Crippen LogP) is 7.22. The number of thioether (sulfide) groups is 1. The van der Waals surface area contributed by atoms with Crippen LogP contribution in [0.1, 0.15) is 85.7 Å². The SMILES string of the molecule is O=C(Cn1c(SCC2CCCCC2)nc(=O)c2c1-c1ccccc1CC21CCCCC1)c1ccccc1. The van der Waals surface area contributed by atoms with E-state index in [1.54, 1.807) is 11.8 Å². The summed E-state index contributed by atoms with van der Waals surface area (Å²) in [7, 11) is 0. The number of hydrogen-bond acceptors (Lipinski definition) is 4. The van der Waals surface area contributed by atoms with Crippen LogP contribution in [0.25, 0.3) is 11.3 Å². The van der Waals surface area contributed by atoms with Crippen molar-refractivity contribution in [2.45, 2.75) is 87.7 Å². The molecule has 192 valence electrons. The zero-order valence-electron chi connectivity index (χ0n) is 21.6. The smallest absolute Gasteiger partial charge is 0.278 e. The Morgan fingerprint density at radius 1 is 0.919 bits per heavy atom. The van der Waals surface area contributed by atoms with E-state index in [1.807, 2.05) is 30.3 Å². The van der Waals surface area contributed by atoms with E-state index in [9.17, 15) is 9.59 Å². The average molecular weight is 513 g/mol. The highest BCUT2D eigenvalue weighted by Gasteiger charge is 2.43. The molecule has 3 aliphatic carbocycles. The number of hydrogen-bond donors (Lipinski definition) is 0. The van der Waals surface area contributed by atoms with Crippen molar-refractivity contribution in [2.75, 3.05) is 5.75 Å². The number of nitrogens with zero attached hydrogens (tertiary/aromatic N) is 2. The zero-order valence-corrected chi connectivity index (χ0v) is 22.4. The summed E-state index contributed by atoms with van der Waals surface area (Å²) in [5, 5.41) is 0.710. The van der Waals surface area contributed by atoms with Gasteiger partial charge in [0.2, 0.25) is 0 Å². The maximum atomic E-state index is 13.9. The lowest BCUT2D eigenvalue weighted by atomic mass is 9.62. The van der Waals surface area contributed by atoms with Gasteiger partial charge < -0.3 is 4.57 Å². The van der Waals surface area contributed by atoms with Crippen LogP contribution in [-0.4, -0.2) is 21.1 Å². The average Bonchev–Trinajstić information content (AvgIpc) is 2.94. The van der Waals surface area contributed by atoms with Crippen LogP contribution in [0.2, 0.25) is 0 Å². The lowest BCUT2D eigenvalue weighted by Crippen LogP contribution is -2.42. The van der Waals surface area contributed by atoms with Gasteiger partial charge in [0.15, 0.2) is 10.9 Å². The van der Waals surface area contributed by atoms with E-state index in [4.69, 9.17) is 4.98 Å². The molecule has 1 spiro atoms. The quantitative estimate of drug-likeness (QED) is 0.199. The lowest BCUT2D eigenvalue weighted by Gasteiger charge is -2.43.